The Hall–Kier alpha value is -2.17. The molecule has 0 unspecified atom stereocenters. The van der Waals surface area contributed by atoms with Gasteiger partial charge >= 0.3 is 5.97 Å². The predicted octanol–water partition coefficient (Wildman–Crippen LogP) is 1.43. The van der Waals surface area contributed by atoms with E-state index < -0.39 is 5.97 Å². The Labute approximate surface area is 79.0 Å². The maximum atomic E-state index is 10.8. The SMILES string of the molecule is O=C(O)c1ccccc1-c1cnno1. The van der Waals surface area contributed by atoms with Crippen LogP contribution < -0.4 is 0 Å². The third kappa shape index (κ3) is 1.35. The number of hydrogen-bond acceptors (Lipinski definition) is 4. The molecule has 0 atom stereocenters. The molecule has 0 aliphatic rings. The molecule has 0 radical (unpaired) electrons. The number of carboxylic acids is 1. The van der Waals surface area contributed by atoms with E-state index in [1.807, 2.05) is 0 Å². The van der Waals surface area contributed by atoms with E-state index in [1.54, 1.807) is 18.2 Å². The molecule has 1 N–H and O–H groups in total. The average Bonchev–Trinajstić information content (AvgIpc) is 2.70. The highest BCUT2D eigenvalue weighted by atomic mass is 16.5. The lowest BCUT2D eigenvalue weighted by Gasteiger charge is -1.99. The molecule has 1 heterocycles. The van der Waals surface area contributed by atoms with E-state index in [0.29, 0.717) is 11.3 Å². The van der Waals surface area contributed by atoms with Gasteiger partial charge in [0.1, 0.15) is 0 Å². The van der Waals surface area contributed by atoms with Crippen molar-refractivity contribution in [3.63, 3.8) is 0 Å². The fraction of sp³-hybridized carbons (Fsp3) is 0. The Bertz CT molecular complexity index is 451. The van der Waals surface area contributed by atoms with Gasteiger partial charge in [-0.3, -0.25) is 0 Å². The molecular formula is C9H6N2O3. The van der Waals surface area contributed by atoms with Gasteiger partial charge in [-0.15, -0.1) is 5.10 Å². The number of carbonyl (C=O) groups is 1. The lowest BCUT2D eigenvalue weighted by atomic mass is 10.1. The first-order valence-electron chi connectivity index (χ1n) is 3.89. The van der Waals surface area contributed by atoms with E-state index in [2.05, 4.69) is 10.4 Å². The van der Waals surface area contributed by atoms with Crippen molar-refractivity contribution in [2.45, 2.75) is 0 Å². The average molecular weight is 190 g/mol. The molecule has 5 nitrogen and oxygen atoms in total. The second-order valence-corrected chi connectivity index (χ2v) is 2.63. The highest BCUT2D eigenvalue weighted by Gasteiger charge is 2.13. The molecule has 0 saturated heterocycles. The summed E-state index contributed by atoms with van der Waals surface area (Å²) in [5.74, 6) is -0.653. The van der Waals surface area contributed by atoms with E-state index in [0.717, 1.165) is 0 Å². The van der Waals surface area contributed by atoms with Crippen LogP contribution in [-0.2, 0) is 0 Å². The molecule has 5 heteroatoms. The first kappa shape index (κ1) is 8.43. The van der Waals surface area contributed by atoms with Crippen molar-refractivity contribution in [3.05, 3.63) is 36.0 Å². The van der Waals surface area contributed by atoms with Crippen molar-refractivity contribution in [2.75, 3.05) is 0 Å². The molecular weight excluding hydrogens is 184 g/mol. The van der Waals surface area contributed by atoms with Gasteiger partial charge in [0.05, 0.1) is 11.8 Å². The molecule has 1 aromatic carbocycles. The summed E-state index contributed by atoms with van der Waals surface area (Å²) in [6, 6.07) is 6.52. The van der Waals surface area contributed by atoms with Crippen LogP contribution in [0, 0.1) is 0 Å². The Kier molecular flexibility index (Phi) is 1.98. The van der Waals surface area contributed by atoms with Crippen LogP contribution in [-0.4, -0.2) is 21.4 Å². The normalized spacial score (nSPS) is 10.0. The second-order valence-electron chi connectivity index (χ2n) is 2.63. The fourth-order valence-corrected chi connectivity index (χ4v) is 1.17. The topological polar surface area (TPSA) is 76.2 Å². The number of aromatic nitrogens is 2. The Morgan fingerprint density at radius 3 is 2.79 bits per heavy atom. The van der Waals surface area contributed by atoms with Crippen LogP contribution >= 0.6 is 0 Å². The molecule has 0 bridgehead atoms. The first-order chi connectivity index (χ1) is 6.79. The molecule has 14 heavy (non-hydrogen) atoms. The van der Waals surface area contributed by atoms with Gasteiger partial charge in [0.25, 0.3) is 0 Å². The van der Waals surface area contributed by atoms with Gasteiger partial charge in [0.15, 0.2) is 5.76 Å². The largest absolute Gasteiger partial charge is 0.478 e. The third-order valence-electron chi connectivity index (χ3n) is 1.78. The highest BCUT2D eigenvalue weighted by Crippen LogP contribution is 2.21. The Morgan fingerprint density at radius 2 is 2.14 bits per heavy atom. The summed E-state index contributed by atoms with van der Waals surface area (Å²) >= 11 is 0. The van der Waals surface area contributed by atoms with Gasteiger partial charge in [-0.2, -0.15) is 0 Å². The number of nitrogens with zero attached hydrogens (tertiary/aromatic N) is 2. The first-order valence-corrected chi connectivity index (χ1v) is 3.89. The third-order valence-corrected chi connectivity index (χ3v) is 1.78. The van der Waals surface area contributed by atoms with Crippen molar-refractivity contribution in [3.8, 4) is 11.3 Å². The molecule has 0 aliphatic heterocycles. The molecule has 1 aromatic heterocycles. The number of rotatable bonds is 2. The molecule has 2 rings (SSSR count). The summed E-state index contributed by atoms with van der Waals surface area (Å²) in [6.07, 6.45) is 1.38. The van der Waals surface area contributed by atoms with Crippen molar-refractivity contribution in [1.82, 2.24) is 10.4 Å². The van der Waals surface area contributed by atoms with Crippen LogP contribution in [0.15, 0.2) is 35.0 Å². The van der Waals surface area contributed by atoms with E-state index in [9.17, 15) is 4.79 Å². The maximum absolute atomic E-state index is 10.8. The van der Waals surface area contributed by atoms with Crippen LogP contribution in [0.25, 0.3) is 11.3 Å². The molecule has 70 valence electrons. The number of aromatic carboxylic acids is 1. The minimum Gasteiger partial charge on any atom is -0.478 e. The zero-order valence-electron chi connectivity index (χ0n) is 7.04. The van der Waals surface area contributed by atoms with Gasteiger partial charge in [-0.25, -0.2) is 4.79 Å². The maximum Gasteiger partial charge on any atom is 0.336 e. The molecule has 0 fully saturated rings. The summed E-state index contributed by atoms with van der Waals surface area (Å²) in [4.78, 5) is 10.8. The van der Waals surface area contributed by atoms with E-state index in [4.69, 9.17) is 9.63 Å². The summed E-state index contributed by atoms with van der Waals surface area (Å²) in [5, 5.41) is 15.7. The van der Waals surface area contributed by atoms with Crippen LogP contribution in [0.2, 0.25) is 0 Å². The van der Waals surface area contributed by atoms with Crippen molar-refractivity contribution >= 4 is 5.97 Å². The van der Waals surface area contributed by atoms with Gasteiger partial charge in [-0.05, 0) is 6.07 Å². The van der Waals surface area contributed by atoms with Crippen LogP contribution in [0.1, 0.15) is 10.4 Å². The minimum atomic E-state index is -1.00. The summed E-state index contributed by atoms with van der Waals surface area (Å²) in [6.45, 7) is 0. The molecule has 2 aromatic rings. The number of hydrogen-bond donors (Lipinski definition) is 1. The second kappa shape index (κ2) is 3.29. The predicted molar refractivity (Wildman–Crippen MR) is 46.7 cm³/mol. The van der Waals surface area contributed by atoms with E-state index in [-0.39, 0.29) is 5.56 Å². The summed E-state index contributed by atoms with van der Waals surface area (Å²) in [7, 11) is 0. The number of benzene rings is 1. The Balaban J connectivity index is 2.58. The smallest absolute Gasteiger partial charge is 0.336 e. The highest BCUT2D eigenvalue weighted by molar-refractivity contribution is 5.95. The lowest BCUT2D eigenvalue weighted by Crippen LogP contribution is -1.98. The zero-order valence-corrected chi connectivity index (χ0v) is 7.04. The van der Waals surface area contributed by atoms with Crippen LogP contribution in [0.5, 0.6) is 0 Å². The lowest BCUT2D eigenvalue weighted by molar-refractivity contribution is 0.0697. The summed E-state index contributed by atoms with van der Waals surface area (Å²) < 4.78 is 4.79. The van der Waals surface area contributed by atoms with Gasteiger partial charge in [0, 0.05) is 10.8 Å². The monoisotopic (exact) mass is 190 g/mol. The zero-order chi connectivity index (χ0) is 9.97. The molecule has 0 spiro atoms. The van der Waals surface area contributed by atoms with Crippen molar-refractivity contribution in [2.24, 2.45) is 0 Å². The summed E-state index contributed by atoms with van der Waals surface area (Å²) in [5.41, 5.74) is 0.649. The van der Waals surface area contributed by atoms with Crippen LogP contribution in [0.4, 0.5) is 0 Å². The number of carboxylic acid groups (broad SMARTS) is 1. The van der Waals surface area contributed by atoms with E-state index in [1.165, 1.54) is 12.3 Å². The quantitative estimate of drug-likeness (QED) is 0.775. The van der Waals surface area contributed by atoms with Crippen molar-refractivity contribution < 1.29 is 14.4 Å². The van der Waals surface area contributed by atoms with Gasteiger partial charge in [-0.1, -0.05) is 18.2 Å². The fourth-order valence-electron chi connectivity index (χ4n) is 1.17. The van der Waals surface area contributed by atoms with Crippen LogP contribution in [0.3, 0.4) is 0 Å². The molecule has 0 amide bonds. The minimum absolute atomic E-state index is 0.172. The Morgan fingerprint density at radius 1 is 1.36 bits per heavy atom. The molecule has 0 aliphatic carbocycles. The standard InChI is InChI=1S/C9H6N2O3/c12-9(13)7-4-2-1-3-6(7)8-5-10-11-14-8/h1-5H,(H,12,13). The van der Waals surface area contributed by atoms with E-state index >= 15 is 0 Å². The van der Waals surface area contributed by atoms with Gasteiger partial charge < -0.3 is 9.63 Å². The van der Waals surface area contributed by atoms with Crippen molar-refractivity contribution in [1.29, 1.82) is 0 Å². The van der Waals surface area contributed by atoms with Gasteiger partial charge in [0.2, 0.25) is 0 Å². The molecule has 0 saturated carbocycles.